The average molecular weight is 176 g/mol. The molecule has 0 aromatic rings. The second kappa shape index (κ2) is 5.40. The molecule has 0 aliphatic carbocycles. The first kappa shape index (κ1) is 10.7. The molecule has 0 heterocycles. The molecule has 0 aliphatic rings. The Labute approximate surface area is 70.6 Å². The van der Waals surface area contributed by atoms with E-state index in [1.807, 2.05) is 0 Å². The van der Waals surface area contributed by atoms with Crippen LogP contribution in [0.5, 0.6) is 0 Å². The van der Waals surface area contributed by atoms with Crippen LogP contribution in [-0.4, -0.2) is 31.9 Å². The Bertz CT molecular complexity index is 165. The minimum atomic E-state index is -0.922. The highest BCUT2D eigenvalue weighted by Crippen LogP contribution is 1.96. The molecule has 0 rings (SSSR count). The molecule has 0 aliphatic heterocycles. The summed E-state index contributed by atoms with van der Waals surface area (Å²) in [4.78, 5) is 21.3. The molecule has 12 heavy (non-hydrogen) atoms. The Kier molecular flexibility index (Phi) is 4.83. The summed E-state index contributed by atoms with van der Waals surface area (Å²) < 4.78 is 13.3. The normalized spacial score (nSPS) is 11.6. The van der Waals surface area contributed by atoms with Crippen LogP contribution < -0.4 is 0 Å². The number of rotatable bonds is 3. The minimum absolute atomic E-state index is 0.215. The molecule has 5 heteroatoms. The van der Waals surface area contributed by atoms with Crippen LogP contribution >= 0.6 is 0 Å². The Morgan fingerprint density at radius 1 is 1.42 bits per heavy atom. The van der Waals surface area contributed by atoms with Gasteiger partial charge in [-0.3, -0.25) is 0 Å². The number of hydrogen-bond donors (Lipinski definition) is 0. The van der Waals surface area contributed by atoms with Crippen LogP contribution in [-0.2, 0) is 19.0 Å². The minimum Gasteiger partial charge on any atom is -0.466 e. The molecule has 0 radical (unpaired) electrons. The lowest BCUT2D eigenvalue weighted by Crippen LogP contribution is -2.25. The van der Waals surface area contributed by atoms with Gasteiger partial charge in [0.25, 0.3) is 0 Å². The second-order valence-electron chi connectivity index (χ2n) is 1.97. The van der Waals surface area contributed by atoms with Gasteiger partial charge in [0, 0.05) is 0 Å². The summed E-state index contributed by atoms with van der Waals surface area (Å²) in [6.07, 6.45) is -1.79. The summed E-state index contributed by atoms with van der Waals surface area (Å²) in [5.74, 6) is -0.608. The van der Waals surface area contributed by atoms with E-state index >= 15 is 0 Å². The van der Waals surface area contributed by atoms with Gasteiger partial charge in [-0.15, -0.1) is 0 Å². The van der Waals surface area contributed by atoms with Crippen LogP contribution in [0, 0.1) is 0 Å². The number of ether oxygens (including phenoxy) is 3. The van der Waals surface area contributed by atoms with Crippen LogP contribution in [0.3, 0.4) is 0 Å². The molecule has 0 saturated carbocycles. The third kappa shape index (κ3) is 3.80. The van der Waals surface area contributed by atoms with Gasteiger partial charge in [-0.1, -0.05) is 0 Å². The van der Waals surface area contributed by atoms with E-state index in [0.717, 1.165) is 0 Å². The third-order valence-electron chi connectivity index (χ3n) is 1.07. The van der Waals surface area contributed by atoms with Crippen LogP contribution in [0.4, 0.5) is 4.79 Å². The number of methoxy groups -OCH3 is 1. The Morgan fingerprint density at radius 2 is 2.00 bits per heavy atom. The van der Waals surface area contributed by atoms with E-state index in [2.05, 4.69) is 14.2 Å². The third-order valence-corrected chi connectivity index (χ3v) is 1.07. The summed E-state index contributed by atoms with van der Waals surface area (Å²) in [6, 6.07) is 0. The highest BCUT2D eigenvalue weighted by atomic mass is 16.7. The first-order valence-corrected chi connectivity index (χ1v) is 3.53. The smallest absolute Gasteiger partial charge is 0.466 e. The second-order valence-corrected chi connectivity index (χ2v) is 1.97. The highest BCUT2D eigenvalue weighted by Gasteiger charge is 2.18. The molecule has 0 amide bonds. The van der Waals surface area contributed by atoms with E-state index < -0.39 is 18.2 Å². The summed E-state index contributed by atoms with van der Waals surface area (Å²) in [7, 11) is 1.22. The first-order chi connectivity index (χ1) is 5.61. The molecule has 0 unspecified atom stereocenters. The van der Waals surface area contributed by atoms with E-state index in [9.17, 15) is 9.59 Å². The molecule has 0 N–H and O–H groups in total. The SMILES string of the molecule is CCOC(=O)O[C@@H](C)C(=O)OC. The van der Waals surface area contributed by atoms with Crippen LogP contribution in [0.25, 0.3) is 0 Å². The lowest BCUT2D eigenvalue weighted by Gasteiger charge is -2.09. The van der Waals surface area contributed by atoms with Gasteiger partial charge in [0.1, 0.15) is 0 Å². The molecule has 0 aromatic heterocycles. The molecule has 5 nitrogen and oxygen atoms in total. The van der Waals surface area contributed by atoms with Gasteiger partial charge in [-0.25, -0.2) is 9.59 Å². The van der Waals surface area contributed by atoms with Gasteiger partial charge in [0.15, 0.2) is 6.10 Å². The lowest BCUT2D eigenvalue weighted by molar-refractivity contribution is -0.150. The van der Waals surface area contributed by atoms with E-state index in [1.165, 1.54) is 14.0 Å². The zero-order chi connectivity index (χ0) is 9.56. The fourth-order valence-electron chi connectivity index (χ4n) is 0.510. The van der Waals surface area contributed by atoms with Crippen LogP contribution in [0.1, 0.15) is 13.8 Å². The molecule has 0 aromatic carbocycles. The van der Waals surface area contributed by atoms with E-state index in [0.29, 0.717) is 0 Å². The van der Waals surface area contributed by atoms with Crippen molar-refractivity contribution in [1.82, 2.24) is 0 Å². The highest BCUT2D eigenvalue weighted by molar-refractivity contribution is 5.76. The Hall–Kier alpha value is -1.26. The van der Waals surface area contributed by atoms with Gasteiger partial charge < -0.3 is 14.2 Å². The number of carbonyl (C=O) groups excluding carboxylic acids is 2. The Morgan fingerprint density at radius 3 is 2.42 bits per heavy atom. The molecular weight excluding hydrogens is 164 g/mol. The molecular formula is C7H12O5. The largest absolute Gasteiger partial charge is 0.509 e. The standard InChI is InChI=1S/C7H12O5/c1-4-11-7(9)12-5(2)6(8)10-3/h5H,4H2,1-3H3/t5-/m0/s1. The molecule has 0 spiro atoms. The topological polar surface area (TPSA) is 61.8 Å². The Balaban J connectivity index is 3.75. The van der Waals surface area contributed by atoms with E-state index in [-0.39, 0.29) is 6.61 Å². The number of esters is 1. The predicted molar refractivity (Wildman–Crippen MR) is 39.6 cm³/mol. The number of hydrogen-bond acceptors (Lipinski definition) is 5. The maximum atomic E-state index is 10.7. The molecule has 0 saturated heterocycles. The van der Waals surface area contributed by atoms with Crippen molar-refractivity contribution in [2.75, 3.05) is 13.7 Å². The van der Waals surface area contributed by atoms with Crippen molar-refractivity contribution in [2.24, 2.45) is 0 Å². The van der Waals surface area contributed by atoms with Crippen molar-refractivity contribution in [3.05, 3.63) is 0 Å². The van der Waals surface area contributed by atoms with Gasteiger partial charge in [-0.2, -0.15) is 0 Å². The lowest BCUT2D eigenvalue weighted by atomic mass is 10.4. The zero-order valence-corrected chi connectivity index (χ0v) is 7.33. The van der Waals surface area contributed by atoms with Crippen LogP contribution in [0.15, 0.2) is 0 Å². The molecule has 70 valence electrons. The van der Waals surface area contributed by atoms with Crippen molar-refractivity contribution in [3.8, 4) is 0 Å². The van der Waals surface area contributed by atoms with E-state index in [4.69, 9.17) is 0 Å². The quantitative estimate of drug-likeness (QED) is 0.593. The molecule has 1 atom stereocenters. The molecule has 0 bridgehead atoms. The zero-order valence-electron chi connectivity index (χ0n) is 7.33. The monoisotopic (exact) mass is 176 g/mol. The van der Waals surface area contributed by atoms with E-state index in [1.54, 1.807) is 6.92 Å². The van der Waals surface area contributed by atoms with Crippen molar-refractivity contribution >= 4 is 12.1 Å². The van der Waals surface area contributed by atoms with Gasteiger partial charge in [-0.05, 0) is 13.8 Å². The van der Waals surface area contributed by atoms with Crippen molar-refractivity contribution in [1.29, 1.82) is 0 Å². The maximum Gasteiger partial charge on any atom is 0.509 e. The summed E-state index contributed by atoms with van der Waals surface area (Å²) in [5.41, 5.74) is 0. The summed E-state index contributed by atoms with van der Waals surface area (Å²) >= 11 is 0. The van der Waals surface area contributed by atoms with Crippen LogP contribution in [0.2, 0.25) is 0 Å². The first-order valence-electron chi connectivity index (χ1n) is 3.53. The van der Waals surface area contributed by atoms with Gasteiger partial charge in [0.2, 0.25) is 0 Å². The average Bonchev–Trinajstić information content (AvgIpc) is 2.03. The van der Waals surface area contributed by atoms with Gasteiger partial charge in [0.05, 0.1) is 13.7 Å². The fraction of sp³-hybridized carbons (Fsp3) is 0.714. The summed E-state index contributed by atoms with van der Waals surface area (Å²) in [5, 5.41) is 0. The number of carbonyl (C=O) groups is 2. The summed E-state index contributed by atoms with van der Waals surface area (Å²) in [6.45, 7) is 3.26. The van der Waals surface area contributed by atoms with Crippen molar-refractivity contribution in [2.45, 2.75) is 20.0 Å². The fourth-order valence-corrected chi connectivity index (χ4v) is 0.510. The van der Waals surface area contributed by atoms with Gasteiger partial charge >= 0.3 is 12.1 Å². The predicted octanol–water partition coefficient (Wildman–Crippen LogP) is 0.721. The van der Waals surface area contributed by atoms with Crippen molar-refractivity contribution in [3.63, 3.8) is 0 Å². The molecule has 0 fully saturated rings. The maximum absolute atomic E-state index is 10.7. The van der Waals surface area contributed by atoms with Crippen molar-refractivity contribution < 1.29 is 23.8 Å².